The summed E-state index contributed by atoms with van der Waals surface area (Å²) in [7, 11) is 0. The summed E-state index contributed by atoms with van der Waals surface area (Å²) < 4.78 is 6.64. The molecule has 0 saturated heterocycles. The molecule has 1 amide bonds. The number of carbonyl (C=O) groups excluding carboxylic acids is 1. The number of anilines is 1. The molecular weight excluding hydrogens is 366 g/mol. The lowest BCUT2D eigenvalue weighted by atomic mass is 10.2. The third-order valence-corrected chi connectivity index (χ3v) is 5.74. The Bertz CT molecular complexity index is 694. The first kappa shape index (κ1) is 19.0. The fraction of sp³-hybridized carbons (Fsp3) is 0.438. The van der Waals surface area contributed by atoms with Gasteiger partial charge in [-0.25, -0.2) is 0 Å². The molecule has 130 valence electrons. The van der Waals surface area contributed by atoms with E-state index < -0.39 is 6.10 Å². The van der Waals surface area contributed by atoms with Gasteiger partial charge in [-0.1, -0.05) is 48.5 Å². The van der Waals surface area contributed by atoms with Gasteiger partial charge < -0.3 is 4.74 Å². The Balaban J connectivity index is 1.97. The number of hydrogen-bond acceptors (Lipinski definition) is 6. The van der Waals surface area contributed by atoms with Crippen LogP contribution >= 0.6 is 34.7 Å². The molecule has 0 spiro atoms. The number of amides is 1. The highest BCUT2D eigenvalue weighted by molar-refractivity contribution is 8.01. The van der Waals surface area contributed by atoms with Crippen molar-refractivity contribution >= 4 is 45.7 Å². The number of carbonyl (C=O) groups is 1. The number of rotatable bonds is 8. The molecule has 2 rings (SSSR count). The van der Waals surface area contributed by atoms with Crippen LogP contribution in [0.5, 0.6) is 5.75 Å². The molecule has 0 aliphatic heterocycles. The van der Waals surface area contributed by atoms with Gasteiger partial charge in [0, 0.05) is 10.8 Å². The third-order valence-electron chi connectivity index (χ3n) is 3.14. The van der Waals surface area contributed by atoms with Gasteiger partial charge in [0.05, 0.1) is 0 Å². The van der Waals surface area contributed by atoms with Crippen molar-refractivity contribution in [1.29, 1.82) is 0 Å². The van der Waals surface area contributed by atoms with Gasteiger partial charge in [-0.15, -0.1) is 10.2 Å². The Morgan fingerprint density at radius 3 is 2.88 bits per heavy atom. The van der Waals surface area contributed by atoms with E-state index in [9.17, 15) is 4.79 Å². The molecule has 2 aromatic rings. The standard InChI is InChI=1S/C16H20ClN3O2S2/c1-4-8-23-16-20-19-15(24-16)18-14(21)13(5-2)22-11-6-7-12(17)10(3)9-11/h6-7,9,13H,4-5,8H2,1-3H3,(H,18,19,21)/t13-/m0/s1. The summed E-state index contributed by atoms with van der Waals surface area (Å²) in [6.07, 6.45) is 1.02. The van der Waals surface area contributed by atoms with Crippen LogP contribution in [0, 0.1) is 6.92 Å². The number of hydrogen-bond donors (Lipinski definition) is 1. The molecule has 8 heteroatoms. The summed E-state index contributed by atoms with van der Waals surface area (Å²) in [4.78, 5) is 12.4. The minimum atomic E-state index is -0.596. The summed E-state index contributed by atoms with van der Waals surface area (Å²) in [5, 5.41) is 12.0. The van der Waals surface area contributed by atoms with Crippen molar-refractivity contribution in [3.8, 4) is 5.75 Å². The minimum Gasteiger partial charge on any atom is -0.481 e. The molecule has 0 fully saturated rings. The Morgan fingerprint density at radius 2 is 2.21 bits per heavy atom. The van der Waals surface area contributed by atoms with E-state index in [0.717, 1.165) is 22.1 Å². The number of nitrogens with one attached hydrogen (secondary N) is 1. The third kappa shape index (κ3) is 5.36. The molecule has 1 atom stereocenters. The van der Waals surface area contributed by atoms with Crippen LogP contribution in [-0.2, 0) is 4.79 Å². The van der Waals surface area contributed by atoms with Crippen LogP contribution in [0.1, 0.15) is 32.3 Å². The van der Waals surface area contributed by atoms with E-state index in [1.54, 1.807) is 23.9 Å². The fourth-order valence-electron chi connectivity index (χ4n) is 1.87. The lowest BCUT2D eigenvalue weighted by Gasteiger charge is -2.16. The van der Waals surface area contributed by atoms with Gasteiger partial charge in [0.15, 0.2) is 10.4 Å². The van der Waals surface area contributed by atoms with Crippen molar-refractivity contribution in [3.05, 3.63) is 28.8 Å². The lowest BCUT2D eigenvalue weighted by molar-refractivity contribution is -0.122. The zero-order valence-corrected chi connectivity index (χ0v) is 16.2. The number of thioether (sulfide) groups is 1. The first-order chi connectivity index (χ1) is 11.5. The molecule has 0 unspecified atom stereocenters. The number of halogens is 1. The normalized spacial score (nSPS) is 12.0. The molecule has 24 heavy (non-hydrogen) atoms. The largest absolute Gasteiger partial charge is 0.481 e. The minimum absolute atomic E-state index is 0.228. The molecule has 0 aliphatic rings. The first-order valence-electron chi connectivity index (χ1n) is 7.73. The molecule has 0 bridgehead atoms. The number of ether oxygens (including phenoxy) is 1. The lowest BCUT2D eigenvalue weighted by Crippen LogP contribution is -2.32. The van der Waals surface area contributed by atoms with Gasteiger partial charge in [0.2, 0.25) is 5.13 Å². The van der Waals surface area contributed by atoms with E-state index in [2.05, 4.69) is 22.4 Å². The van der Waals surface area contributed by atoms with Gasteiger partial charge in [-0.05, 0) is 43.5 Å². The molecule has 1 aromatic carbocycles. The van der Waals surface area contributed by atoms with Gasteiger partial charge in [-0.3, -0.25) is 10.1 Å². The quantitative estimate of drug-likeness (QED) is 0.522. The predicted octanol–water partition coefficient (Wildman–Crippen LogP) is 4.80. The smallest absolute Gasteiger partial charge is 0.267 e. The Kier molecular flexibility index (Phi) is 7.33. The monoisotopic (exact) mass is 385 g/mol. The highest BCUT2D eigenvalue weighted by Gasteiger charge is 2.20. The summed E-state index contributed by atoms with van der Waals surface area (Å²) in [5.74, 6) is 1.38. The Labute approximate surface area is 155 Å². The number of benzene rings is 1. The second-order valence-corrected chi connectivity index (χ2v) is 7.86. The van der Waals surface area contributed by atoms with Crippen molar-refractivity contribution in [2.45, 2.75) is 44.1 Å². The van der Waals surface area contributed by atoms with E-state index >= 15 is 0 Å². The maximum atomic E-state index is 12.4. The van der Waals surface area contributed by atoms with Crippen LogP contribution in [-0.4, -0.2) is 28.0 Å². The van der Waals surface area contributed by atoms with Crippen molar-refractivity contribution in [1.82, 2.24) is 10.2 Å². The topological polar surface area (TPSA) is 64.1 Å². The SMILES string of the molecule is CCCSc1nnc(NC(=O)[C@H](CC)Oc2ccc(Cl)c(C)c2)s1. The van der Waals surface area contributed by atoms with Crippen LogP contribution in [0.4, 0.5) is 5.13 Å². The molecule has 5 nitrogen and oxygen atoms in total. The second kappa shape index (κ2) is 9.25. The number of nitrogens with zero attached hydrogens (tertiary/aromatic N) is 2. The van der Waals surface area contributed by atoms with Crippen LogP contribution in [0.2, 0.25) is 5.02 Å². The molecule has 0 saturated carbocycles. The molecule has 1 heterocycles. The number of aromatic nitrogens is 2. The van der Waals surface area contributed by atoms with Crippen LogP contribution in [0.15, 0.2) is 22.5 Å². The average Bonchev–Trinajstić information content (AvgIpc) is 3.01. The molecular formula is C16H20ClN3O2S2. The second-order valence-electron chi connectivity index (χ2n) is 5.14. The van der Waals surface area contributed by atoms with Crippen LogP contribution in [0.3, 0.4) is 0 Å². The Morgan fingerprint density at radius 1 is 1.42 bits per heavy atom. The van der Waals surface area contributed by atoms with Crippen LogP contribution in [0.25, 0.3) is 0 Å². The van der Waals surface area contributed by atoms with Gasteiger partial charge in [0.25, 0.3) is 5.91 Å². The molecule has 1 N–H and O–H groups in total. The molecule has 0 aliphatic carbocycles. The van der Waals surface area contributed by atoms with Gasteiger partial charge in [-0.2, -0.15) is 0 Å². The van der Waals surface area contributed by atoms with E-state index in [1.165, 1.54) is 11.3 Å². The van der Waals surface area contributed by atoms with E-state index in [0.29, 0.717) is 22.3 Å². The van der Waals surface area contributed by atoms with Gasteiger partial charge >= 0.3 is 0 Å². The number of aryl methyl sites for hydroxylation is 1. The fourth-order valence-corrected chi connectivity index (χ4v) is 3.67. The summed E-state index contributed by atoms with van der Waals surface area (Å²) in [5.41, 5.74) is 0.908. The predicted molar refractivity (Wildman–Crippen MR) is 100 cm³/mol. The van der Waals surface area contributed by atoms with Crippen molar-refractivity contribution in [3.63, 3.8) is 0 Å². The maximum Gasteiger partial charge on any atom is 0.267 e. The molecule has 0 radical (unpaired) electrons. The van der Waals surface area contributed by atoms with Crippen LogP contribution < -0.4 is 10.1 Å². The van der Waals surface area contributed by atoms with Crippen molar-refractivity contribution < 1.29 is 9.53 Å². The molecule has 1 aromatic heterocycles. The van der Waals surface area contributed by atoms with Crippen molar-refractivity contribution in [2.75, 3.05) is 11.1 Å². The summed E-state index contributed by atoms with van der Waals surface area (Å²) >= 11 is 9.02. The zero-order chi connectivity index (χ0) is 17.5. The highest BCUT2D eigenvalue weighted by atomic mass is 35.5. The van der Waals surface area contributed by atoms with Gasteiger partial charge in [0.1, 0.15) is 5.75 Å². The first-order valence-corrected chi connectivity index (χ1v) is 9.91. The average molecular weight is 386 g/mol. The maximum absolute atomic E-state index is 12.4. The van der Waals surface area contributed by atoms with Crippen molar-refractivity contribution in [2.24, 2.45) is 0 Å². The zero-order valence-electron chi connectivity index (χ0n) is 13.8. The van der Waals surface area contributed by atoms with E-state index in [-0.39, 0.29) is 5.91 Å². The summed E-state index contributed by atoms with van der Waals surface area (Å²) in [6, 6.07) is 5.34. The van der Waals surface area contributed by atoms with E-state index in [4.69, 9.17) is 16.3 Å². The highest BCUT2D eigenvalue weighted by Crippen LogP contribution is 2.26. The Hall–Kier alpha value is -1.31. The van der Waals surface area contributed by atoms with E-state index in [1.807, 2.05) is 19.9 Å². The summed E-state index contributed by atoms with van der Waals surface area (Å²) in [6.45, 7) is 5.90.